The molecule has 0 aromatic heterocycles. The molecule has 1 aromatic rings. The molecule has 86 valence electrons. The summed E-state index contributed by atoms with van der Waals surface area (Å²) < 4.78 is 0. The Balaban J connectivity index is 3.34. The van der Waals surface area contributed by atoms with Gasteiger partial charge in [-0.25, -0.2) is 0 Å². The number of oxime groups is 2. The smallest absolute Gasteiger partial charge is 0.0736 e. The number of nitrogens with zero attached hydrogens (tertiary/aromatic N) is 2. The highest BCUT2D eigenvalue weighted by Crippen LogP contribution is 2.16. The van der Waals surface area contributed by atoms with E-state index in [2.05, 4.69) is 10.3 Å². The van der Waals surface area contributed by atoms with E-state index in [1.54, 1.807) is 0 Å². The molecule has 0 saturated carbocycles. The van der Waals surface area contributed by atoms with Crippen LogP contribution in [0.4, 0.5) is 0 Å². The maximum absolute atomic E-state index is 8.57. The van der Waals surface area contributed by atoms with Crippen molar-refractivity contribution in [3.05, 3.63) is 34.4 Å². The lowest BCUT2D eigenvalue weighted by atomic mass is 9.96. The Morgan fingerprint density at radius 2 is 1.38 bits per heavy atom. The maximum atomic E-state index is 8.57. The maximum Gasteiger partial charge on any atom is 0.0736 e. The molecule has 0 bridgehead atoms. The van der Waals surface area contributed by atoms with Crippen molar-refractivity contribution in [2.75, 3.05) is 0 Å². The van der Waals surface area contributed by atoms with Gasteiger partial charge in [0.2, 0.25) is 0 Å². The Labute approximate surface area is 94.9 Å². The van der Waals surface area contributed by atoms with E-state index < -0.39 is 0 Å². The summed E-state index contributed by atoms with van der Waals surface area (Å²) >= 11 is 0. The molecule has 0 saturated heterocycles. The summed E-state index contributed by atoms with van der Waals surface area (Å²) in [6.07, 6.45) is 4.52. The molecule has 0 spiro atoms. The zero-order valence-corrected chi connectivity index (χ0v) is 9.51. The number of hydrogen-bond acceptors (Lipinski definition) is 4. The van der Waals surface area contributed by atoms with Gasteiger partial charge in [0.15, 0.2) is 0 Å². The summed E-state index contributed by atoms with van der Waals surface area (Å²) in [5.41, 5.74) is 3.92. The molecule has 0 aliphatic heterocycles. The fourth-order valence-electron chi connectivity index (χ4n) is 1.71. The van der Waals surface area contributed by atoms with Crippen molar-refractivity contribution in [2.45, 2.75) is 26.7 Å². The third kappa shape index (κ3) is 2.59. The second kappa shape index (κ2) is 5.90. The van der Waals surface area contributed by atoms with Crippen LogP contribution in [0.1, 0.15) is 36.1 Å². The quantitative estimate of drug-likeness (QED) is 0.465. The Morgan fingerprint density at radius 3 is 1.69 bits per heavy atom. The Bertz CT molecular complexity index is 376. The second-order valence-electron chi connectivity index (χ2n) is 3.45. The van der Waals surface area contributed by atoms with Crippen LogP contribution in [0.3, 0.4) is 0 Å². The van der Waals surface area contributed by atoms with Crippen molar-refractivity contribution in [3.63, 3.8) is 0 Å². The first-order valence-electron chi connectivity index (χ1n) is 5.27. The fourth-order valence-corrected chi connectivity index (χ4v) is 1.71. The lowest BCUT2D eigenvalue weighted by Crippen LogP contribution is -1.99. The minimum absolute atomic E-state index is 0.845. The molecule has 0 aliphatic carbocycles. The molecule has 0 heterocycles. The molecule has 4 nitrogen and oxygen atoms in total. The average Bonchev–Trinajstić information content (AvgIpc) is 2.30. The van der Waals surface area contributed by atoms with Gasteiger partial charge in [-0.15, -0.1) is 0 Å². The van der Waals surface area contributed by atoms with Crippen molar-refractivity contribution in [1.29, 1.82) is 0 Å². The van der Waals surface area contributed by atoms with Gasteiger partial charge in [-0.3, -0.25) is 0 Å². The predicted molar refractivity (Wildman–Crippen MR) is 64.0 cm³/mol. The van der Waals surface area contributed by atoms with Gasteiger partial charge in [0.1, 0.15) is 0 Å². The summed E-state index contributed by atoms with van der Waals surface area (Å²) in [7, 11) is 0. The predicted octanol–water partition coefficient (Wildman–Crippen LogP) is 2.43. The number of aryl methyl sites for hydroxylation is 2. The molecular weight excluding hydrogens is 204 g/mol. The van der Waals surface area contributed by atoms with Crippen LogP contribution in [-0.2, 0) is 12.8 Å². The van der Waals surface area contributed by atoms with Crippen LogP contribution in [0.15, 0.2) is 22.4 Å². The zero-order chi connectivity index (χ0) is 12.0. The average molecular weight is 220 g/mol. The van der Waals surface area contributed by atoms with Crippen LogP contribution in [0.2, 0.25) is 0 Å². The summed E-state index contributed by atoms with van der Waals surface area (Å²) in [6.45, 7) is 4.09. The van der Waals surface area contributed by atoms with Gasteiger partial charge in [0.25, 0.3) is 0 Å². The third-order valence-electron chi connectivity index (χ3n) is 2.56. The monoisotopic (exact) mass is 220 g/mol. The fraction of sp³-hybridized carbons (Fsp3) is 0.333. The zero-order valence-electron chi connectivity index (χ0n) is 9.51. The Morgan fingerprint density at radius 1 is 0.938 bits per heavy atom. The standard InChI is InChI=1S/C12H16N2O2/c1-3-9-5-10(4-2)12(8-14-16)6-11(9)7-13-15/h5-8,15-16H,3-4H2,1-2H3. The van der Waals surface area contributed by atoms with Gasteiger partial charge in [0, 0.05) is 0 Å². The van der Waals surface area contributed by atoms with Gasteiger partial charge in [-0.1, -0.05) is 30.2 Å². The molecule has 1 aromatic carbocycles. The molecule has 4 heteroatoms. The normalized spacial score (nSPS) is 11.6. The molecular formula is C12H16N2O2. The van der Waals surface area contributed by atoms with E-state index in [1.807, 2.05) is 26.0 Å². The molecule has 0 fully saturated rings. The number of rotatable bonds is 4. The highest BCUT2D eigenvalue weighted by molar-refractivity contribution is 5.88. The van der Waals surface area contributed by atoms with Gasteiger partial charge < -0.3 is 10.4 Å². The summed E-state index contributed by atoms with van der Waals surface area (Å²) in [5, 5.41) is 23.2. The van der Waals surface area contributed by atoms with E-state index in [9.17, 15) is 0 Å². The molecule has 0 aliphatic rings. The van der Waals surface area contributed by atoms with Gasteiger partial charge in [-0.2, -0.15) is 0 Å². The van der Waals surface area contributed by atoms with E-state index in [-0.39, 0.29) is 0 Å². The molecule has 16 heavy (non-hydrogen) atoms. The summed E-state index contributed by atoms with van der Waals surface area (Å²) in [6, 6.07) is 3.91. The van der Waals surface area contributed by atoms with Gasteiger partial charge in [0.05, 0.1) is 12.4 Å². The van der Waals surface area contributed by atoms with Crippen molar-refractivity contribution in [3.8, 4) is 0 Å². The van der Waals surface area contributed by atoms with Crippen molar-refractivity contribution < 1.29 is 10.4 Å². The Hall–Kier alpha value is -1.84. The minimum Gasteiger partial charge on any atom is -0.411 e. The van der Waals surface area contributed by atoms with E-state index in [4.69, 9.17) is 10.4 Å². The topological polar surface area (TPSA) is 65.2 Å². The molecule has 0 unspecified atom stereocenters. The van der Waals surface area contributed by atoms with Crippen molar-refractivity contribution >= 4 is 12.4 Å². The molecule has 0 atom stereocenters. The van der Waals surface area contributed by atoms with Crippen LogP contribution in [0.5, 0.6) is 0 Å². The van der Waals surface area contributed by atoms with Crippen LogP contribution in [0.25, 0.3) is 0 Å². The first-order valence-corrected chi connectivity index (χ1v) is 5.27. The minimum atomic E-state index is 0.845. The van der Waals surface area contributed by atoms with E-state index in [0.717, 1.165) is 35.1 Å². The lowest BCUT2D eigenvalue weighted by Gasteiger charge is -2.09. The van der Waals surface area contributed by atoms with E-state index in [1.165, 1.54) is 12.4 Å². The highest BCUT2D eigenvalue weighted by atomic mass is 16.4. The lowest BCUT2D eigenvalue weighted by molar-refractivity contribution is 0.321. The summed E-state index contributed by atoms with van der Waals surface area (Å²) in [4.78, 5) is 0. The third-order valence-corrected chi connectivity index (χ3v) is 2.56. The molecule has 1 rings (SSSR count). The molecule has 0 amide bonds. The second-order valence-corrected chi connectivity index (χ2v) is 3.45. The number of benzene rings is 1. The first-order chi connectivity index (χ1) is 7.76. The molecule has 2 N–H and O–H groups in total. The van der Waals surface area contributed by atoms with Gasteiger partial charge in [-0.05, 0) is 41.2 Å². The van der Waals surface area contributed by atoms with Crippen molar-refractivity contribution in [1.82, 2.24) is 0 Å². The Kier molecular flexibility index (Phi) is 4.51. The van der Waals surface area contributed by atoms with Crippen molar-refractivity contribution in [2.24, 2.45) is 10.3 Å². The molecule has 0 radical (unpaired) electrons. The van der Waals surface area contributed by atoms with Gasteiger partial charge >= 0.3 is 0 Å². The van der Waals surface area contributed by atoms with E-state index >= 15 is 0 Å². The SMILES string of the molecule is CCc1cc(CC)c(C=NO)cc1C=NO. The van der Waals surface area contributed by atoms with E-state index in [0.29, 0.717) is 0 Å². The number of hydrogen-bond donors (Lipinski definition) is 2. The first kappa shape index (κ1) is 12.2. The highest BCUT2D eigenvalue weighted by Gasteiger charge is 2.05. The largest absolute Gasteiger partial charge is 0.411 e. The van der Waals surface area contributed by atoms with Crippen LogP contribution in [0, 0.1) is 0 Å². The van der Waals surface area contributed by atoms with Crippen LogP contribution < -0.4 is 0 Å². The van der Waals surface area contributed by atoms with Crippen LogP contribution in [-0.4, -0.2) is 22.8 Å². The van der Waals surface area contributed by atoms with Crippen LogP contribution >= 0.6 is 0 Å². The summed E-state index contributed by atoms with van der Waals surface area (Å²) in [5.74, 6) is 0.